The Labute approximate surface area is 117 Å². The van der Waals surface area contributed by atoms with Gasteiger partial charge in [-0.3, -0.25) is 4.79 Å². The second-order valence-corrected chi connectivity index (χ2v) is 4.31. The molecule has 0 saturated heterocycles. The molecule has 0 spiro atoms. The maximum atomic E-state index is 12.4. The van der Waals surface area contributed by atoms with Crippen molar-refractivity contribution >= 4 is 5.78 Å². The van der Waals surface area contributed by atoms with E-state index in [9.17, 15) is 4.79 Å². The first-order valence-electron chi connectivity index (χ1n) is 6.07. The van der Waals surface area contributed by atoms with Gasteiger partial charge in [0.15, 0.2) is 17.3 Å². The van der Waals surface area contributed by atoms with Gasteiger partial charge in [-0.05, 0) is 18.2 Å². The minimum Gasteiger partial charge on any atom is -0.493 e. The maximum absolute atomic E-state index is 12.4. The van der Waals surface area contributed by atoms with Gasteiger partial charge in [0.2, 0.25) is 5.75 Å². The van der Waals surface area contributed by atoms with Crippen molar-refractivity contribution in [3.8, 4) is 17.2 Å². The lowest BCUT2D eigenvalue weighted by Gasteiger charge is -2.13. The Morgan fingerprint density at radius 1 is 1.00 bits per heavy atom. The van der Waals surface area contributed by atoms with E-state index in [0.29, 0.717) is 28.4 Å². The minimum absolute atomic E-state index is 0.0927. The van der Waals surface area contributed by atoms with Gasteiger partial charge in [0.1, 0.15) is 0 Å². The highest BCUT2D eigenvalue weighted by Crippen LogP contribution is 2.38. The Bertz CT molecular complexity index is 606. The van der Waals surface area contributed by atoms with Crippen molar-refractivity contribution in [3.05, 3.63) is 41.7 Å². The summed E-state index contributed by atoms with van der Waals surface area (Å²) in [7, 11) is 6.44. The molecule has 106 valence electrons. The number of methoxy groups -OCH3 is 3. The van der Waals surface area contributed by atoms with Gasteiger partial charge in [-0.1, -0.05) is 0 Å². The van der Waals surface area contributed by atoms with Crippen molar-refractivity contribution in [1.29, 1.82) is 0 Å². The number of aromatic nitrogens is 1. The molecule has 0 bridgehead atoms. The molecule has 1 aromatic carbocycles. The van der Waals surface area contributed by atoms with Crippen LogP contribution >= 0.6 is 0 Å². The van der Waals surface area contributed by atoms with E-state index in [1.54, 1.807) is 24.4 Å². The third-order valence-electron chi connectivity index (χ3n) is 3.02. The highest BCUT2D eigenvalue weighted by Gasteiger charge is 2.18. The first kappa shape index (κ1) is 14.0. The average Bonchev–Trinajstić information content (AvgIpc) is 2.91. The molecule has 5 heteroatoms. The summed E-state index contributed by atoms with van der Waals surface area (Å²) in [4.78, 5) is 12.4. The number of carbonyl (C=O) groups excluding carboxylic acids is 1. The van der Waals surface area contributed by atoms with Gasteiger partial charge >= 0.3 is 0 Å². The number of ether oxygens (including phenoxy) is 3. The number of benzene rings is 1. The van der Waals surface area contributed by atoms with Crippen LogP contribution < -0.4 is 14.2 Å². The highest BCUT2D eigenvalue weighted by atomic mass is 16.5. The number of carbonyl (C=O) groups is 1. The van der Waals surface area contributed by atoms with Gasteiger partial charge in [0.25, 0.3) is 0 Å². The van der Waals surface area contributed by atoms with Gasteiger partial charge in [-0.25, -0.2) is 0 Å². The summed E-state index contributed by atoms with van der Waals surface area (Å²) < 4.78 is 17.6. The van der Waals surface area contributed by atoms with Crippen molar-refractivity contribution in [2.75, 3.05) is 21.3 Å². The largest absolute Gasteiger partial charge is 0.493 e. The third kappa shape index (κ3) is 2.47. The Morgan fingerprint density at radius 2 is 1.60 bits per heavy atom. The molecular weight excluding hydrogens is 258 g/mol. The average molecular weight is 275 g/mol. The van der Waals surface area contributed by atoms with Crippen LogP contribution in [0.25, 0.3) is 0 Å². The normalized spacial score (nSPS) is 10.2. The Hall–Kier alpha value is -2.43. The molecule has 0 aliphatic carbocycles. The molecule has 0 fully saturated rings. The third-order valence-corrected chi connectivity index (χ3v) is 3.02. The van der Waals surface area contributed by atoms with Crippen LogP contribution in [0.1, 0.15) is 15.9 Å². The van der Waals surface area contributed by atoms with Gasteiger partial charge < -0.3 is 18.8 Å². The second-order valence-electron chi connectivity index (χ2n) is 4.31. The number of hydrogen-bond donors (Lipinski definition) is 0. The molecule has 2 rings (SSSR count). The maximum Gasteiger partial charge on any atom is 0.203 e. The van der Waals surface area contributed by atoms with Crippen LogP contribution in [0.15, 0.2) is 30.6 Å². The van der Waals surface area contributed by atoms with E-state index in [0.717, 1.165) is 0 Å². The summed E-state index contributed by atoms with van der Waals surface area (Å²) in [6.07, 6.45) is 3.59. The Kier molecular flexibility index (Phi) is 3.98. The molecular formula is C15H17NO4. The topological polar surface area (TPSA) is 49.7 Å². The molecule has 0 amide bonds. The van der Waals surface area contributed by atoms with Crippen molar-refractivity contribution < 1.29 is 19.0 Å². The minimum atomic E-state index is -0.0927. The summed E-state index contributed by atoms with van der Waals surface area (Å²) >= 11 is 0. The highest BCUT2D eigenvalue weighted by molar-refractivity contribution is 6.09. The first-order chi connectivity index (χ1) is 9.60. The predicted molar refractivity (Wildman–Crippen MR) is 74.9 cm³/mol. The van der Waals surface area contributed by atoms with Gasteiger partial charge in [0, 0.05) is 30.6 Å². The van der Waals surface area contributed by atoms with E-state index in [1.807, 2.05) is 17.8 Å². The van der Waals surface area contributed by atoms with E-state index < -0.39 is 0 Å². The van der Waals surface area contributed by atoms with Gasteiger partial charge in [0.05, 0.1) is 21.3 Å². The molecule has 0 unspecified atom stereocenters. The fraction of sp³-hybridized carbons (Fsp3) is 0.267. The summed E-state index contributed by atoms with van der Waals surface area (Å²) in [5.74, 6) is 1.31. The quantitative estimate of drug-likeness (QED) is 0.786. The van der Waals surface area contributed by atoms with Gasteiger partial charge in [-0.15, -0.1) is 0 Å². The number of rotatable bonds is 5. The molecule has 0 aliphatic heterocycles. The number of nitrogens with zero attached hydrogens (tertiary/aromatic N) is 1. The first-order valence-corrected chi connectivity index (χ1v) is 6.07. The van der Waals surface area contributed by atoms with E-state index in [4.69, 9.17) is 14.2 Å². The van der Waals surface area contributed by atoms with Crippen LogP contribution in [0.3, 0.4) is 0 Å². The standard InChI is InChI=1S/C15H17NO4/c1-16-6-5-10(9-16)14(17)11-7-12(18-2)15(20-4)13(8-11)19-3/h5-9H,1-4H3. The summed E-state index contributed by atoms with van der Waals surface area (Å²) in [5.41, 5.74) is 1.10. The van der Waals surface area contributed by atoms with Crippen LogP contribution in [-0.2, 0) is 7.05 Å². The van der Waals surface area contributed by atoms with E-state index in [1.165, 1.54) is 21.3 Å². The second kappa shape index (κ2) is 5.69. The lowest BCUT2D eigenvalue weighted by Crippen LogP contribution is -2.03. The molecule has 0 saturated carbocycles. The van der Waals surface area contributed by atoms with Crippen molar-refractivity contribution in [2.24, 2.45) is 7.05 Å². The lowest BCUT2D eigenvalue weighted by molar-refractivity contribution is 0.103. The fourth-order valence-corrected chi connectivity index (χ4v) is 2.02. The van der Waals surface area contributed by atoms with Crippen LogP contribution in [0.2, 0.25) is 0 Å². The van der Waals surface area contributed by atoms with E-state index in [2.05, 4.69) is 0 Å². The fourth-order valence-electron chi connectivity index (χ4n) is 2.02. The molecule has 0 N–H and O–H groups in total. The number of hydrogen-bond acceptors (Lipinski definition) is 4. The molecule has 0 atom stereocenters. The van der Waals surface area contributed by atoms with Gasteiger partial charge in [-0.2, -0.15) is 0 Å². The van der Waals surface area contributed by atoms with Crippen molar-refractivity contribution in [3.63, 3.8) is 0 Å². The Morgan fingerprint density at radius 3 is 2.00 bits per heavy atom. The van der Waals surface area contributed by atoms with Crippen LogP contribution in [0, 0.1) is 0 Å². The van der Waals surface area contributed by atoms with Crippen LogP contribution in [0.4, 0.5) is 0 Å². The van der Waals surface area contributed by atoms with E-state index in [-0.39, 0.29) is 5.78 Å². The molecule has 2 aromatic rings. The van der Waals surface area contributed by atoms with E-state index >= 15 is 0 Å². The molecule has 0 radical (unpaired) electrons. The van der Waals surface area contributed by atoms with Crippen molar-refractivity contribution in [1.82, 2.24) is 4.57 Å². The molecule has 20 heavy (non-hydrogen) atoms. The van der Waals surface area contributed by atoms with Crippen LogP contribution in [-0.4, -0.2) is 31.7 Å². The predicted octanol–water partition coefficient (Wildman–Crippen LogP) is 2.28. The number of aryl methyl sites for hydroxylation is 1. The summed E-state index contributed by atoms with van der Waals surface area (Å²) in [5, 5.41) is 0. The van der Waals surface area contributed by atoms with Crippen LogP contribution in [0.5, 0.6) is 17.2 Å². The zero-order chi connectivity index (χ0) is 14.7. The van der Waals surface area contributed by atoms with Crippen molar-refractivity contribution in [2.45, 2.75) is 0 Å². The summed E-state index contributed by atoms with van der Waals surface area (Å²) in [6, 6.07) is 5.07. The molecule has 1 aromatic heterocycles. The smallest absolute Gasteiger partial charge is 0.203 e. The molecule has 1 heterocycles. The SMILES string of the molecule is COc1cc(C(=O)c2ccn(C)c2)cc(OC)c1OC. The lowest BCUT2D eigenvalue weighted by atomic mass is 10.0. The molecule has 0 aliphatic rings. The zero-order valence-corrected chi connectivity index (χ0v) is 12.0. The summed E-state index contributed by atoms with van der Waals surface area (Å²) in [6.45, 7) is 0. The number of ketones is 1. The zero-order valence-electron chi connectivity index (χ0n) is 12.0. The molecule has 5 nitrogen and oxygen atoms in total. The Balaban J connectivity index is 2.49. The monoisotopic (exact) mass is 275 g/mol.